The number of nitrogens with zero attached hydrogens (tertiary/aromatic N) is 5. The lowest BCUT2D eigenvalue weighted by molar-refractivity contribution is 0.255. The van der Waals surface area contributed by atoms with Gasteiger partial charge in [-0.25, -0.2) is 9.97 Å². The van der Waals surface area contributed by atoms with E-state index in [-0.39, 0.29) is 0 Å². The van der Waals surface area contributed by atoms with Gasteiger partial charge in [0, 0.05) is 37.8 Å². The Bertz CT molecular complexity index is 655. The monoisotopic (exact) mass is 309 g/mol. The zero-order valence-electron chi connectivity index (χ0n) is 13.6. The van der Waals surface area contributed by atoms with Crippen LogP contribution in [0.2, 0.25) is 0 Å². The first-order chi connectivity index (χ1) is 11.3. The van der Waals surface area contributed by atoms with Crippen molar-refractivity contribution in [3.05, 3.63) is 36.7 Å². The molecule has 0 amide bonds. The smallest absolute Gasteiger partial charge is 0.228 e. The molecule has 1 saturated carbocycles. The van der Waals surface area contributed by atoms with Crippen LogP contribution in [0.15, 0.2) is 36.7 Å². The Morgan fingerprint density at radius 3 is 2.61 bits per heavy atom. The topological polar surface area (TPSA) is 45.2 Å². The van der Waals surface area contributed by atoms with Crippen LogP contribution < -0.4 is 4.90 Å². The number of anilines is 1. The second-order valence-corrected chi connectivity index (χ2v) is 6.75. The minimum absolute atomic E-state index is 0.634. The highest BCUT2D eigenvalue weighted by Crippen LogP contribution is 2.29. The highest BCUT2D eigenvalue weighted by Gasteiger charge is 2.32. The van der Waals surface area contributed by atoms with E-state index in [1.165, 1.54) is 19.4 Å². The summed E-state index contributed by atoms with van der Waals surface area (Å²) in [6.07, 6.45) is 4.38. The second-order valence-electron chi connectivity index (χ2n) is 6.75. The van der Waals surface area contributed by atoms with Gasteiger partial charge in [0.15, 0.2) is 5.82 Å². The molecule has 4 rings (SSSR count). The molecule has 5 heteroatoms. The summed E-state index contributed by atoms with van der Waals surface area (Å²) < 4.78 is 0. The summed E-state index contributed by atoms with van der Waals surface area (Å²) in [6.45, 7) is 6.65. The lowest BCUT2D eigenvalue weighted by atomic mass is 10.1. The molecule has 2 fully saturated rings. The fourth-order valence-electron chi connectivity index (χ4n) is 3.39. The van der Waals surface area contributed by atoms with Gasteiger partial charge in [0.05, 0.1) is 0 Å². The molecule has 1 atom stereocenters. The normalized spacial score (nSPS) is 22.8. The fourth-order valence-corrected chi connectivity index (χ4v) is 3.39. The summed E-state index contributed by atoms with van der Waals surface area (Å²) in [5.41, 5.74) is 1.04. The van der Waals surface area contributed by atoms with Crippen LogP contribution >= 0.6 is 0 Å². The number of rotatable bonds is 3. The average molecular weight is 309 g/mol. The SMILES string of the molecule is CC1CN(c2ncnc(-c3ccccc3)n2)CCN(C2CC2)C1. The van der Waals surface area contributed by atoms with Gasteiger partial charge in [0.2, 0.25) is 5.95 Å². The molecule has 1 aromatic heterocycles. The summed E-state index contributed by atoms with van der Waals surface area (Å²) in [4.78, 5) is 18.5. The Hall–Kier alpha value is -2.01. The van der Waals surface area contributed by atoms with Crippen molar-refractivity contribution in [1.82, 2.24) is 19.9 Å². The van der Waals surface area contributed by atoms with E-state index in [0.29, 0.717) is 5.92 Å². The molecule has 1 aliphatic carbocycles. The Kier molecular flexibility index (Phi) is 3.95. The highest BCUT2D eigenvalue weighted by molar-refractivity contribution is 5.55. The molecule has 2 heterocycles. The lowest BCUT2D eigenvalue weighted by Gasteiger charge is -2.22. The van der Waals surface area contributed by atoms with Crippen molar-refractivity contribution < 1.29 is 0 Å². The van der Waals surface area contributed by atoms with Crippen molar-refractivity contribution in [2.24, 2.45) is 5.92 Å². The quantitative estimate of drug-likeness (QED) is 0.871. The summed E-state index contributed by atoms with van der Waals surface area (Å²) in [6, 6.07) is 10.9. The molecule has 0 N–H and O–H groups in total. The van der Waals surface area contributed by atoms with E-state index in [4.69, 9.17) is 4.98 Å². The van der Waals surface area contributed by atoms with Crippen LogP contribution in [0.1, 0.15) is 19.8 Å². The van der Waals surface area contributed by atoms with Gasteiger partial charge in [-0.1, -0.05) is 37.3 Å². The molecule has 0 spiro atoms. The number of hydrogen-bond donors (Lipinski definition) is 0. The summed E-state index contributed by atoms with van der Waals surface area (Å²) in [5, 5.41) is 0. The van der Waals surface area contributed by atoms with Gasteiger partial charge < -0.3 is 4.90 Å². The van der Waals surface area contributed by atoms with Crippen molar-refractivity contribution in [3.8, 4) is 11.4 Å². The molecule has 2 aromatic rings. The minimum atomic E-state index is 0.634. The third kappa shape index (κ3) is 3.34. The molecular formula is C18H23N5. The van der Waals surface area contributed by atoms with Gasteiger partial charge in [0.25, 0.3) is 0 Å². The van der Waals surface area contributed by atoms with Gasteiger partial charge >= 0.3 is 0 Å². The first-order valence-corrected chi connectivity index (χ1v) is 8.53. The van der Waals surface area contributed by atoms with Gasteiger partial charge in [-0.2, -0.15) is 4.98 Å². The zero-order chi connectivity index (χ0) is 15.6. The maximum atomic E-state index is 4.71. The van der Waals surface area contributed by atoms with E-state index in [9.17, 15) is 0 Å². The summed E-state index contributed by atoms with van der Waals surface area (Å²) in [7, 11) is 0. The maximum absolute atomic E-state index is 4.71. The first-order valence-electron chi connectivity index (χ1n) is 8.53. The van der Waals surface area contributed by atoms with Gasteiger partial charge in [-0.15, -0.1) is 0 Å². The van der Waals surface area contributed by atoms with Crippen molar-refractivity contribution in [2.45, 2.75) is 25.8 Å². The van der Waals surface area contributed by atoms with Crippen LogP contribution in [0.4, 0.5) is 5.95 Å². The first kappa shape index (κ1) is 14.6. The van der Waals surface area contributed by atoms with Crippen LogP contribution in [0.3, 0.4) is 0 Å². The van der Waals surface area contributed by atoms with Crippen LogP contribution in [-0.4, -0.2) is 52.1 Å². The predicted octanol–water partition coefficient (Wildman–Crippen LogP) is 2.46. The van der Waals surface area contributed by atoms with Crippen LogP contribution in [0.25, 0.3) is 11.4 Å². The minimum Gasteiger partial charge on any atom is -0.339 e. The summed E-state index contributed by atoms with van der Waals surface area (Å²) >= 11 is 0. The molecule has 0 radical (unpaired) electrons. The van der Waals surface area contributed by atoms with Crippen molar-refractivity contribution >= 4 is 5.95 Å². The van der Waals surface area contributed by atoms with Crippen LogP contribution in [-0.2, 0) is 0 Å². The highest BCUT2D eigenvalue weighted by atomic mass is 15.3. The largest absolute Gasteiger partial charge is 0.339 e. The number of hydrogen-bond acceptors (Lipinski definition) is 5. The third-order valence-corrected chi connectivity index (χ3v) is 4.67. The van der Waals surface area contributed by atoms with E-state index < -0.39 is 0 Å². The van der Waals surface area contributed by atoms with Crippen molar-refractivity contribution in [2.75, 3.05) is 31.1 Å². The molecule has 23 heavy (non-hydrogen) atoms. The molecule has 0 bridgehead atoms. The van der Waals surface area contributed by atoms with Gasteiger partial charge in [-0.3, -0.25) is 4.90 Å². The van der Waals surface area contributed by atoms with E-state index in [1.807, 2.05) is 30.3 Å². The fraction of sp³-hybridized carbons (Fsp3) is 0.500. The zero-order valence-corrected chi connectivity index (χ0v) is 13.6. The molecular weight excluding hydrogens is 286 g/mol. The third-order valence-electron chi connectivity index (χ3n) is 4.67. The average Bonchev–Trinajstić information content (AvgIpc) is 3.43. The molecule has 1 unspecified atom stereocenters. The van der Waals surface area contributed by atoms with Crippen LogP contribution in [0, 0.1) is 5.92 Å². The Morgan fingerprint density at radius 1 is 1.00 bits per heavy atom. The van der Waals surface area contributed by atoms with E-state index in [2.05, 4.69) is 26.7 Å². The lowest BCUT2D eigenvalue weighted by Crippen LogP contribution is -2.32. The van der Waals surface area contributed by atoms with E-state index in [0.717, 1.165) is 43.0 Å². The summed E-state index contributed by atoms with van der Waals surface area (Å²) in [5.74, 6) is 2.20. The number of aromatic nitrogens is 3. The maximum Gasteiger partial charge on any atom is 0.228 e. The standard InChI is InChI=1S/C18H23N5/c1-14-11-22(16-7-8-16)9-10-23(12-14)18-20-13-19-17(21-18)15-5-3-2-4-6-15/h2-6,13-14,16H,7-12H2,1H3. The van der Waals surface area contributed by atoms with Crippen molar-refractivity contribution in [3.63, 3.8) is 0 Å². The Balaban J connectivity index is 1.55. The van der Waals surface area contributed by atoms with Gasteiger partial charge in [-0.05, 0) is 18.8 Å². The Labute approximate surface area is 137 Å². The molecule has 120 valence electrons. The van der Waals surface area contributed by atoms with E-state index in [1.54, 1.807) is 6.33 Å². The Morgan fingerprint density at radius 2 is 1.83 bits per heavy atom. The molecule has 1 aromatic carbocycles. The van der Waals surface area contributed by atoms with Crippen molar-refractivity contribution in [1.29, 1.82) is 0 Å². The number of benzene rings is 1. The van der Waals surface area contributed by atoms with Gasteiger partial charge in [0.1, 0.15) is 6.33 Å². The predicted molar refractivity (Wildman–Crippen MR) is 91.2 cm³/mol. The molecule has 1 saturated heterocycles. The molecule has 2 aliphatic rings. The second kappa shape index (κ2) is 6.24. The molecule has 5 nitrogen and oxygen atoms in total. The van der Waals surface area contributed by atoms with E-state index >= 15 is 0 Å². The van der Waals surface area contributed by atoms with Crippen LogP contribution in [0.5, 0.6) is 0 Å². The molecule has 1 aliphatic heterocycles.